The molecule has 0 aliphatic heterocycles. The van der Waals surface area contributed by atoms with E-state index < -0.39 is 16.1 Å². The van der Waals surface area contributed by atoms with E-state index in [-0.39, 0.29) is 16.7 Å². The van der Waals surface area contributed by atoms with E-state index in [0.717, 1.165) is 18.4 Å². The van der Waals surface area contributed by atoms with Gasteiger partial charge in [-0.25, -0.2) is 13.6 Å². The first-order valence-corrected chi connectivity index (χ1v) is 10.0. The fourth-order valence-electron chi connectivity index (χ4n) is 2.71. The molecule has 7 heteroatoms. The Hall–Kier alpha value is -1.93. The van der Waals surface area contributed by atoms with E-state index >= 15 is 0 Å². The van der Waals surface area contributed by atoms with Gasteiger partial charge in [-0.15, -0.1) is 0 Å². The van der Waals surface area contributed by atoms with E-state index in [2.05, 4.69) is 5.32 Å². The Balaban J connectivity index is 1.89. The third-order valence-corrected chi connectivity index (χ3v) is 5.42. The summed E-state index contributed by atoms with van der Waals surface area (Å²) in [5.74, 6) is 0.250. The zero-order valence-electron chi connectivity index (χ0n) is 15.0. The normalized spacial score (nSPS) is 14.2. The van der Waals surface area contributed by atoms with Crippen LogP contribution in [0.4, 0.5) is 0 Å². The van der Waals surface area contributed by atoms with Crippen LogP contribution in [0, 0.1) is 6.92 Å². The molecule has 2 unspecified atom stereocenters. The lowest BCUT2D eigenvalue weighted by Gasteiger charge is -2.18. The van der Waals surface area contributed by atoms with E-state index in [1.165, 1.54) is 6.07 Å². The summed E-state index contributed by atoms with van der Waals surface area (Å²) in [4.78, 5) is 0.0365. The number of nitrogens with two attached hydrogens (primary N) is 1. The maximum absolute atomic E-state index is 11.6. The molecule has 2 atom stereocenters. The number of primary sulfonamides is 1. The van der Waals surface area contributed by atoms with Gasteiger partial charge in [-0.2, -0.15) is 0 Å². The van der Waals surface area contributed by atoms with Gasteiger partial charge in [-0.05, 0) is 61.6 Å². The van der Waals surface area contributed by atoms with Crippen molar-refractivity contribution >= 4 is 10.0 Å². The Morgan fingerprint density at radius 2 is 1.81 bits per heavy atom. The standard InChI is InChI=1S/C19H26N2O4S/c1-13-3-8-16(11-19(13)26(20,24)25)18(23)12-21-14(2)4-5-15-6-9-17(22)10-7-15/h3,6-11,14,18,21-23H,4-5,12H2,1-2H3,(H2,20,24,25). The predicted molar refractivity (Wildman–Crippen MR) is 101 cm³/mol. The summed E-state index contributed by atoms with van der Waals surface area (Å²) >= 11 is 0. The predicted octanol–water partition coefficient (Wildman–Crippen LogP) is 1.99. The maximum atomic E-state index is 11.6. The highest BCUT2D eigenvalue weighted by Gasteiger charge is 2.16. The van der Waals surface area contributed by atoms with Crippen LogP contribution in [0.25, 0.3) is 0 Å². The van der Waals surface area contributed by atoms with Crippen molar-refractivity contribution < 1.29 is 18.6 Å². The van der Waals surface area contributed by atoms with Crippen LogP contribution in [0.2, 0.25) is 0 Å². The number of aliphatic hydroxyl groups excluding tert-OH is 1. The van der Waals surface area contributed by atoms with E-state index in [1.54, 1.807) is 31.2 Å². The molecule has 0 aliphatic carbocycles. The summed E-state index contributed by atoms with van der Waals surface area (Å²) in [6.07, 6.45) is 0.894. The molecule has 0 radical (unpaired) electrons. The van der Waals surface area contributed by atoms with Crippen LogP contribution in [0.15, 0.2) is 47.4 Å². The van der Waals surface area contributed by atoms with E-state index in [9.17, 15) is 18.6 Å². The van der Waals surface area contributed by atoms with E-state index in [4.69, 9.17) is 5.14 Å². The molecule has 0 spiro atoms. The molecule has 2 aromatic rings. The highest BCUT2D eigenvalue weighted by atomic mass is 32.2. The summed E-state index contributed by atoms with van der Waals surface area (Å²) in [5.41, 5.74) is 2.20. The number of aromatic hydroxyl groups is 1. The number of benzene rings is 2. The minimum atomic E-state index is -3.81. The molecule has 2 rings (SSSR count). The SMILES string of the molecule is Cc1ccc(C(O)CNC(C)CCc2ccc(O)cc2)cc1S(N)(=O)=O. The first kappa shape index (κ1) is 20.4. The van der Waals surface area contributed by atoms with Gasteiger partial charge in [0.1, 0.15) is 5.75 Å². The molecule has 0 bridgehead atoms. The molecular weight excluding hydrogens is 352 g/mol. The van der Waals surface area contributed by atoms with Crippen molar-refractivity contribution in [2.24, 2.45) is 5.14 Å². The van der Waals surface area contributed by atoms with Gasteiger partial charge in [-0.1, -0.05) is 24.3 Å². The van der Waals surface area contributed by atoms with Crippen molar-refractivity contribution in [3.05, 3.63) is 59.2 Å². The van der Waals surface area contributed by atoms with Crippen LogP contribution < -0.4 is 10.5 Å². The quantitative estimate of drug-likeness (QED) is 0.561. The molecule has 0 fully saturated rings. The lowest BCUT2D eigenvalue weighted by molar-refractivity contribution is 0.170. The van der Waals surface area contributed by atoms with Gasteiger partial charge < -0.3 is 15.5 Å². The van der Waals surface area contributed by atoms with Gasteiger partial charge >= 0.3 is 0 Å². The van der Waals surface area contributed by atoms with Gasteiger partial charge in [0.15, 0.2) is 0 Å². The number of phenols is 1. The average Bonchev–Trinajstić information content (AvgIpc) is 2.58. The third-order valence-electron chi connectivity index (χ3n) is 4.37. The summed E-state index contributed by atoms with van der Waals surface area (Å²) in [6, 6.07) is 12.1. The Bertz CT molecular complexity index is 835. The topological polar surface area (TPSA) is 113 Å². The largest absolute Gasteiger partial charge is 0.508 e. The minimum Gasteiger partial charge on any atom is -0.508 e. The molecule has 0 heterocycles. The van der Waals surface area contributed by atoms with Crippen molar-refractivity contribution in [2.75, 3.05) is 6.54 Å². The Morgan fingerprint density at radius 1 is 1.15 bits per heavy atom. The molecule has 0 aliphatic rings. The molecular formula is C19H26N2O4S. The summed E-state index contributed by atoms with van der Waals surface area (Å²) < 4.78 is 23.2. The summed E-state index contributed by atoms with van der Waals surface area (Å²) in [7, 11) is -3.81. The van der Waals surface area contributed by atoms with Gasteiger partial charge in [0.25, 0.3) is 0 Å². The highest BCUT2D eigenvalue weighted by molar-refractivity contribution is 7.89. The Morgan fingerprint density at radius 3 is 2.42 bits per heavy atom. The smallest absolute Gasteiger partial charge is 0.238 e. The third kappa shape index (κ3) is 5.81. The molecule has 2 aromatic carbocycles. The Kier molecular flexibility index (Phi) is 6.77. The number of hydrogen-bond acceptors (Lipinski definition) is 5. The molecule has 26 heavy (non-hydrogen) atoms. The number of nitrogens with one attached hydrogen (secondary N) is 1. The highest BCUT2D eigenvalue weighted by Crippen LogP contribution is 2.20. The number of phenolic OH excluding ortho intramolecular Hbond substituents is 1. The Labute approximate surface area is 154 Å². The second-order valence-corrected chi connectivity index (χ2v) is 8.13. The van der Waals surface area contributed by atoms with Crippen LogP contribution >= 0.6 is 0 Å². The van der Waals surface area contributed by atoms with Crippen LogP contribution in [-0.4, -0.2) is 31.2 Å². The zero-order chi connectivity index (χ0) is 19.3. The zero-order valence-corrected chi connectivity index (χ0v) is 15.8. The van der Waals surface area contributed by atoms with Crippen LogP contribution in [-0.2, 0) is 16.4 Å². The van der Waals surface area contributed by atoms with Gasteiger partial charge in [0.2, 0.25) is 10.0 Å². The van der Waals surface area contributed by atoms with Crippen LogP contribution in [0.1, 0.15) is 36.1 Å². The minimum absolute atomic E-state index is 0.0365. The fourth-order valence-corrected chi connectivity index (χ4v) is 3.53. The number of aryl methyl sites for hydroxylation is 2. The van der Waals surface area contributed by atoms with E-state index in [1.807, 2.05) is 19.1 Å². The van der Waals surface area contributed by atoms with Gasteiger partial charge in [0, 0.05) is 12.6 Å². The van der Waals surface area contributed by atoms with Crippen molar-refractivity contribution in [3.8, 4) is 5.75 Å². The van der Waals surface area contributed by atoms with Crippen LogP contribution in [0.5, 0.6) is 5.75 Å². The monoisotopic (exact) mass is 378 g/mol. The number of rotatable bonds is 8. The van der Waals surface area contributed by atoms with Gasteiger partial charge in [-0.3, -0.25) is 0 Å². The molecule has 142 valence electrons. The fraction of sp³-hybridized carbons (Fsp3) is 0.368. The molecule has 0 amide bonds. The lowest BCUT2D eigenvalue weighted by atomic mass is 10.0. The van der Waals surface area contributed by atoms with E-state index in [0.29, 0.717) is 17.7 Å². The second-order valence-electron chi connectivity index (χ2n) is 6.60. The maximum Gasteiger partial charge on any atom is 0.238 e. The van der Waals surface area contributed by atoms with Crippen molar-refractivity contribution in [3.63, 3.8) is 0 Å². The first-order valence-electron chi connectivity index (χ1n) is 8.49. The second kappa shape index (κ2) is 8.64. The summed E-state index contributed by atoms with van der Waals surface area (Å²) in [6.45, 7) is 4.00. The molecule has 0 saturated heterocycles. The van der Waals surface area contributed by atoms with Crippen molar-refractivity contribution in [2.45, 2.75) is 43.7 Å². The van der Waals surface area contributed by atoms with Crippen LogP contribution in [0.3, 0.4) is 0 Å². The van der Waals surface area contributed by atoms with Crippen molar-refractivity contribution in [1.82, 2.24) is 5.32 Å². The average molecular weight is 378 g/mol. The molecule has 6 nitrogen and oxygen atoms in total. The molecule has 0 aromatic heterocycles. The van der Waals surface area contributed by atoms with Gasteiger partial charge in [0.05, 0.1) is 11.0 Å². The number of aliphatic hydroxyl groups is 1. The molecule has 5 N–H and O–H groups in total. The molecule has 0 saturated carbocycles. The lowest BCUT2D eigenvalue weighted by Crippen LogP contribution is -2.31. The summed E-state index contributed by atoms with van der Waals surface area (Å²) in [5, 5.41) is 28.1. The first-order chi connectivity index (χ1) is 12.2. The number of sulfonamides is 1. The van der Waals surface area contributed by atoms with Crippen molar-refractivity contribution in [1.29, 1.82) is 0 Å². The number of hydrogen-bond donors (Lipinski definition) is 4.